The van der Waals surface area contributed by atoms with Crippen LogP contribution in [0.3, 0.4) is 0 Å². The second kappa shape index (κ2) is 6.30. The van der Waals surface area contributed by atoms with E-state index in [0.717, 1.165) is 17.0 Å². The third kappa shape index (κ3) is 3.03. The first-order chi connectivity index (χ1) is 9.65. The van der Waals surface area contributed by atoms with Crippen molar-refractivity contribution in [1.82, 2.24) is 0 Å². The lowest BCUT2D eigenvalue weighted by Crippen LogP contribution is -2.30. The Balaban J connectivity index is 2.28. The van der Waals surface area contributed by atoms with Gasteiger partial charge in [0.05, 0.1) is 13.2 Å². The Morgan fingerprint density at radius 3 is 2.50 bits per heavy atom. The largest absolute Gasteiger partial charge is 0.508 e. The molecule has 0 aromatic heterocycles. The Hall–Kier alpha value is -2.20. The lowest BCUT2D eigenvalue weighted by atomic mass is 10.0. The number of aromatic hydroxyl groups is 1. The zero-order valence-corrected chi connectivity index (χ0v) is 11.8. The molecule has 2 aromatic rings. The number of methoxy groups -OCH3 is 1. The van der Waals surface area contributed by atoms with E-state index in [1.165, 1.54) is 0 Å². The fraction of sp³-hybridized carbons (Fsp3) is 0.250. The molecule has 4 heteroatoms. The van der Waals surface area contributed by atoms with Gasteiger partial charge in [0.25, 0.3) is 0 Å². The van der Waals surface area contributed by atoms with E-state index in [9.17, 15) is 5.11 Å². The van der Waals surface area contributed by atoms with Crippen LogP contribution in [0.2, 0.25) is 0 Å². The molecule has 106 valence electrons. The van der Waals surface area contributed by atoms with Gasteiger partial charge in [0.15, 0.2) is 0 Å². The first-order valence-corrected chi connectivity index (χ1v) is 6.51. The SMILES string of the molecule is COc1cccc(C(CN)N(C)c2ccc(O)cc2)c1. The minimum absolute atomic E-state index is 0.0506. The van der Waals surface area contributed by atoms with Crippen LogP contribution in [0.1, 0.15) is 11.6 Å². The average Bonchev–Trinajstić information content (AvgIpc) is 2.49. The lowest BCUT2D eigenvalue weighted by molar-refractivity contribution is 0.413. The number of rotatable bonds is 5. The van der Waals surface area contributed by atoms with Crippen molar-refractivity contribution in [2.75, 3.05) is 25.6 Å². The van der Waals surface area contributed by atoms with Gasteiger partial charge in [-0.15, -0.1) is 0 Å². The van der Waals surface area contributed by atoms with Gasteiger partial charge in [0.1, 0.15) is 11.5 Å². The Morgan fingerprint density at radius 2 is 1.90 bits per heavy atom. The van der Waals surface area contributed by atoms with Crippen LogP contribution in [0.25, 0.3) is 0 Å². The molecule has 0 bridgehead atoms. The zero-order valence-electron chi connectivity index (χ0n) is 11.8. The van der Waals surface area contributed by atoms with Crippen molar-refractivity contribution in [3.63, 3.8) is 0 Å². The number of hydrogen-bond donors (Lipinski definition) is 2. The van der Waals surface area contributed by atoms with Gasteiger partial charge < -0.3 is 20.5 Å². The van der Waals surface area contributed by atoms with E-state index in [2.05, 4.69) is 4.90 Å². The minimum Gasteiger partial charge on any atom is -0.508 e. The maximum absolute atomic E-state index is 9.36. The maximum atomic E-state index is 9.36. The van der Waals surface area contributed by atoms with E-state index >= 15 is 0 Å². The number of phenolic OH excluding ortho intramolecular Hbond substituents is 1. The predicted octanol–water partition coefficient (Wildman–Crippen LogP) is 2.54. The van der Waals surface area contributed by atoms with Gasteiger partial charge >= 0.3 is 0 Å². The first-order valence-electron chi connectivity index (χ1n) is 6.51. The van der Waals surface area contributed by atoms with Crippen molar-refractivity contribution in [3.8, 4) is 11.5 Å². The maximum Gasteiger partial charge on any atom is 0.119 e. The van der Waals surface area contributed by atoms with Crippen molar-refractivity contribution in [3.05, 3.63) is 54.1 Å². The Morgan fingerprint density at radius 1 is 1.20 bits per heavy atom. The molecule has 0 aliphatic rings. The molecular weight excluding hydrogens is 252 g/mol. The van der Waals surface area contributed by atoms with E-state index < -0.39 is 0 Å². The summed E-state index contributed by atoms with van der Waals surface area (Å²) in [6.45, 7) is 0.491. The molecule has 2 aromatic carbocycles. The van der Waals surface area contributed by atoms with Crippen molar-refractivity contribution in [2.24, 2.45) is 5.73 Å². The van der Waals surface area contributed by atoms with Crippen LogP contribution in [-0.2, 0) is 0 Å². The molecule has 0 saturated carbocycles. The van der Waals surface area contributed by atoms with E-state index in [1.54, 1.807) is 19.2 Å². The molecule has 3 N–H and O–H groups in total. The number of ether oxygens (including phenoxy) is 1. The van der Waals surface area contributed by atoms with Crippen molar-refractivity contribution >= 4 is 5.69 Å². The highest BCUT2D eigenvalue weighted by Gasteiger charge is 2.16. The minimum atomic E-state index is 0.0506. The van der Waals surface area contributed by atoms with Gasteiger partial charge in [-0.05, 0) is 42.0 Å². The quantitative estimate of drug-likeness (QED) is 0.878. The smallest absolute Gasteiger partial charge is 0.119 e. The third-order valence-electron chi connectivity index (χ3n) is 3.43. The lowest BCUT2D eigenvalue weighted by Gasteiger charge is -2.29. The van der Waals surface area contributed by atoms with Crippen molar-refractivity contribution < 1.29 is 9.84 Å². The summed E-state index contributed by atoms with van der Waals surface area (Å²) in [4.78, 5) is 2.09. The summed E-state index contributed by atoms with van der Waals surface area (Å²) >= 11 is 0. The number of benzene rings is 2. The fourth-order valence-electron chi connectivity index (χ4n) is 2.23. The van der Waals surface area contributed by atoms with Gasteiger partial charge in [0.2, 0.25) is 0 Å². The van der Waals surface area contributed by atoms with Crippen LogP contribution >= 0.6 is 0 Å². The second-order valence-electron chi connectivity index (χ2n) is 4.66. The third-order valence-corrected chi connectivity index (χ3v) is 3.43. The summed E-state index contributed by atoms with van der Waals surface area (Å²) in [6.07, 6.45) is 0. The van der Waals surface area contributed by atoms with Gasteiger partial charge in [-0.2, -0.15) is 0 Å². The molecule has 4 nitrogen and oxygen atoms in total. The summed E-state index contributed by atoms with van der Waals surface area (Å²) in [5.74, 6) is 1.08. The summed E-state index contributed by atoms with van der Waals surface area (Å²) in [5, 5.41) is 9.36. The van der Waals surface area contributed by atoms with Gasteiger partial charge in [0, 0.05) is 19.3 Å². The van der Waals surface area contributed by atoms with Crippen LogP contribution in [0, 0.1) is 0 Å². The number of anilines is 1. The first kappa shape index (κ1) is 14.2. The number of nitrogens with zero attached hydrogens (tertiary/aromatic N) is 1. The molecule has 1 unspecified atom stereocenters. The van der Waals surface area contributed by atoms with Crippen LogP contribution < -0.4 is 15.4 Å². The highest BCUT2D eigenvalue weighted by Crippen LogP contribution is 2.28. The summed E-state index contributed by atoms with van der Waals surface area (Å²) in [5.41, 5.74) is 8.03. The molecule has 0 fully saturated rings. The monoisotopic (exact) mass is 272 g/mol. The van der Waals surface area contributed by atoms with Gasteiger partial charge in [-0.25, -0.2) is 0 Å². The second-order valence-corrected chi connectivity index (χ2v) is 4.66. The molecule has 0 aliphatic carbocycles. The van der Waals surface area contributed by atoms with E-state index in [0.29, 0.717) is 6.54 Å². The van der Waals surface area contributed by atoms with E-state index in [1.807, 2.05) is 43.4 Å². The Labute approximate surface area is 119 Å². The summed E-state index contributed by atoms with van der Waals surface area (Å²) in [6, 6.07) is 15.0. The Kier molecular flexibility index (Phi) is 4.48. The van der Waals surface area contributed by atoms with Crippen molar-refractivity contribution in [1.29, 1.82) is 0 Å². The molecule has 0 heterocycles. The van der Waals surface area contributed by atoms with Crippen molar-refractivity contribution in [2.45, 2.75) is 6.04 Å². The summed E-state index contributed by atoms with van der Waals surface area (Å²) in [7, 11) is 3.64. The number of phenols is 1. The van der Waals surface area contributed by atoms with Crippen LogP contribution in [-0.4, -0.2) is 25.8 Å². The van der Waals surface area contributed by atoms with E-state index in [4.69, 9.17) is 10.5 Å². The average molecular weight is 272 g/mol. The molecule has 20 heavy (non-hydrogen) atoms. The topological polar surface area (TPSA) is 58.7 Å². The highest BCUT2D eigenvalue weighted by molar-refractivity contribution is 5.50. The molecule has 1 atom stereocenters. The van der Waals surface area contributed by atoms with Crippen LogP contribution in [0.5, 0.6) is 11.5 Å². The van der Waals surface area contributed by atoms with Crippen LogP contribution in [0.4, 0.5) is 5.69 Å². The standard InChI is InChI=1S/C16H20N2O2/c1-18(13-6-8-14(19)9-7-13)16(11-17)12-4-3-5-15(10-12)20-2/h3-10,16,19H,11,17H2,1-2H3. The highest BCUT2D eigenvalue weighted by atomic mass is 16.5. The molecular formula is C16H20N2O2. The van der Waals surface area contributed by atoms with E-state index in [-0.39, 0.29) is 11.8 Å². The molecule has 0 amide bonds. The summed E-state index contributed by atoms with van der Waals surface area (Å²) < 4.78 is 5.26. The zero-order chi connectivity index (χ0) is 14.5. The molecule has 0 spiro atoms. The Bertz CT molecular complexity index is 555. The normalized spacial score (nSPS) is 11.9. The molecule has 0 saturated heterocycles. The molecule has 2 rings (SSSR count). The number of likely N-dealkylation sites (N-methyl/N-ethyl adjacent to an activating group) is 1. The molecule has 0 aliphatic heterocycles. The number of hydrogen-bond acceptors (Lipinski definition) is 4. The predicted molar refractivity (Wildman–Crippen MR) is 81.3 cm³/mol. The van der Waals surface area contributed by atoms with Gasteiger partial charge in [-0.1, -0.05) is 12.1 Å². The van der Waals surface area contributed by atoms with Gasteiger partial charge in [-0.3, -0.25) is 0 Å². The number of nitrogens with two attached hydrogens (primary N) is 1. The van der Waals surface area contributed by atoms with Crippen LogP contribution in [0.15, 0.2) is 48.5 Å². The fourth-order valence-corrected chi connectivity index (χ4v) is 2.23. The molecule has 0 radical (unpaired) electrons.